The predicted octanol–water partition coefficient (Wildman–Crippen LogP) is 0.302. The Morgan fingerprint density at radius 1 is 1.79 bits per heavy atom. The molecule has 4 heteroatoms. The second kappa shape index (κ2) is 4.37. The van der Waals surface area contributed by atoms with Crippen molar-refractivity contribution in [2.24, 2.45) is 11.8 Å². The van der Waals surface area contributed by atoms with Crippen molar-refractivity contribution >= 4 is 11.8 Å². The number of ether oxygens (including phenoxy) is 1. The highest BCUT2D eigenvalue weighted by molar-refractivity contribution is 6.01. The van der Waals surface area contributed by atoms with E-state index in [-0.39, 0.29) is 18.8 Å². The molecule has 0 spiro atoms. The molecule has 0 aliphatic heterocycles. The zero-order valence-corrected chi connectivity index (χ0v) is 8.10. The van der Waals surface area contributed by atoms with Gasteiger partial charge in [0.05, 0.1) is 12.7 Å². The van der Waals surface area contributed by atoms with Gasteiger partial charge in [-0.05, 0) is 6.92 Å². The monoisotopic (exact) mass is 198 g/mol. The van der Waals surface area contributed by atoms with E-state index in [9.17, 15) is 14.7 Å². The van der Waals surface area contributed by atoms with Gasteiger partial charge in [-0.1, -0.05) is 6.08 Å². The Bertz CT molecular complexity index is 259. The van der Waals surface area contributed by atoms with Crippen LogP contribution in [0.5, 0.6) is 0 Å². The van der Waals surface area contributed by atoms with Crippen molar-refractivity contribution in [3.63, 3.8) is 0 Å². The smallest absolute Gasteiger partial charge is 0.317 e. The Hall–Kier alpha value is -1.16. The minimum absolute atomic E-state index is 0.0141. The second-order valence-corrected chi connectivity index (χ2v) is 3.28. The highest BCUT2D eigenvalue weighted by Gasteiger charge is 2.45. The first-order valence-corrected chi connectivity index (χ1v) is 4.61. The van der Waals surface area contributed by atoms with Crippen LogP contribution in [0.1, 0.15) is 13.3 Å². The lowest BCUT2D eigenvalue weighted by atomic mass is 9.95. The number of ketones is 1. The van der Waals surface area contributed by atoms with Crippen molar-refractivity contribution < 1.29 is 19.4 Å². The molecule has 0 bridgehead atoms. The first-order valence-electron chi connectivity index (χ1n) is 4.61. The summed E-state index contributed by atoms with van der Waals surface area (Å²) >= 11 is 0. The van der Waals surface area contributed by atoms with Gasteiger partial charge in [0.25, 0.3) is 0 Å². The number of esters is 1. The van der Waals surface area contributed by atoms with E-state index in [1.54, 1.807) is 6.92 Å². The van der Waals surface area contributed by atoms with Gasteiger partial charge in [-0.2, -0.15) is 0 Å². The maximum absolute atomic E-state index is 11.4. The highest BCUT2D eigenvalue weighted by atomic mass is 16.5. The fraction of sp³-hybridized carbons (Fsp3) is 0.600. The quantitative estimate of drug-likeness (QED) is 0.402. The SMILES string of the molecule is C=C[C@@H]1[C@@H](C(=O)OCC)C(=O)C[C@@H]1O. The topological polar surface area (TPSA) is 63.6 Å². The standard InChI is InChI=1S/C10H14O4/c1-3-6-7(11)5-8(12)9(6)10(13)14-4-2/h3,6-7,9,11H,1,4-5H2,2H3/t6-,7-,9+/m0/s1. The van der Waals surface area contributed by atoms with E-state index in [1.807, 2.05) is 0 Å². The van der Waals surface area contributed by atoms with Gasteiger partial charge in [0, 0.05) is 12.3 Å². The van der Waals surface area contributed by atoms with Gasteiger partial charge in [-0.15, -0.1) is 6.58 Å². The third kappa shape index (κ3) is 1.85. The third-order valence-corrected chi connectivity index (χ3v) is 2.40. The maximum atomic E-state index is 11.4. The molecule has 1 aliphatic rings. The Morgan fingerprint density at radius 2 is 2.43 bits per heavy atom. The number of rotatable bonds is 3. The molecule has 0 saturated heterocycles. The number of aliphatic hydroxyl groups is 1. The third-order valence-electron chi connectivity index (χ3n) is 2.40. The van der Waals surface area contributed by atoms with E-state index < -0.39 is 23.9 Å². The first-order chi connectivity index (χ1) is 6.61. The first kappa shape index (κ1) is 10.9. The van der Waals surface area contributed by atoms with E-state index >= 15 is 0 Å². The van der Waals surface area contributed by atoms with Crippen LogP contribution < -0.4 is 0 Å². The molecule has 0 unspecified atom stereocenters. The molecule has 0 amide bonds. The summed E-state index contributed by atoms with van der Waals surface area (Å²) in [5.74, 6) is -2.18. The van der Waals surface area contributed by atoms with Crippen molar-refractivity contribution in [3.8, 4) is 0 Å². The number of hydrogen-bond acceptors (Lipinski definition) is 4. The average molecular weight is 198 g/mol. The summed E-state index contributed by atoms with van der Waals surface area (Å²) in [6, 6.07) is 0. The van der Waals surface area contributed by atoms with Crippen molar-refractivity contribution in [2.75, 3.05) is 6.61 Å². The fourth-order valence-electron chi connectivity index (χ4n) is 1.72. The van der Waals surface area contributed by atoms with Crippen LogP contribution in [0, 0.1) is 11.8 Å². The summed E-state index contributed by atoms with van der Waals surface area (Å²) in [5, 5.41) is 9.45. The highest BCUT2D eigenvalue weighted by Crippen LogP contribution is 2.30. The molecule has 1 saturated carbocycles. The lowest BCUT2D eigenvalue weighted by Crippen LogP contribution is -2.28. The molecule has 1 aliphatic carbocycles. The summed E-state index contributed by atoms with van der Waals surface area (Å²) in [6.07, 6.45) is 0.659. The summed E-state index contributed by atoms with van der Waals surface area (Å²) in [5.41, 5.74) is 0. The lowest BCUT2D eigenvalue weighted by Gasteiger charge is -2.14. The fourth-order valence-corrected chi connectivity index (χ4v) is 1.72. The van der Waals surface area contributed by atoms with Crippen molar-refractivity contribution in [1.82, 2.24) is 0 Å². The average Bonchev–Trinajstić information content (AvgIpc) is 2.40. The van der Waals surface area contributed by atoms with E-state index in [0.29, 0.717) is 0 Å². The summed E-state index contributed by atoms with van der Waals surface area (Å²) in [7, 11) is 0. The van der Waals surface area contributed by atoms with Gasteiger partial charge < -0.3 is 9.84 Å². The van der Waals surface area contributed by atoms with Crippen LogP contribution in [-0.4, -0.2) is 29.6 Å². The minimum atomic E-state index is -0.859. The number of Topliss-reactive ketones (excluding diaryl/α,β-unsaturated/α-hetero) is 1. The summed E-state index contributed by atoms with van der Waals surface area (Å²) in [4.78, 5) is 22.7. The molecule has 4 nitrogen and oxygen atoms in total. The van der Waals surface area contributed by atoms with E-state index in [1.165, 1.54) is 6.08 Å². The molecule has 1 N–H and O–H groups in total. The molecular formula is C10H14O4. The second-order valence-electron chi connectivity index (χ2n) is 3.28. The molecule has 0 heterocycles. The van der Waals surface area contributed by atoms with Crippen LogP contribution >= 0.6 is 0 Å². The number of carbonyl (C=O) groups is 2. The maximum Gasteiger partial charge on any atom is 0.317 e. The molecule has 3 atom stereocenters. The van der Waals surface area contributed by atoms with Crippen LogP contribution in [0.25, 0.3) is 0 Å². The summed E-state index contributed by atoms with van der Waals surface area (Å²) < 4.78 is 4.76. The molecule has 1 rings (SSSR count). The van der Waals surface area contributed by atoms with Gasteiger partial charge in [0.15, 0.2) is 0 Å². The van der Waals surface area contributed by atoms with Crippen molar-refractivity contribution in [2.45, 2.75) is 19.4 Å². The van der Waals surface area contributed by atoms with Gasteiger partial charge in [-0.25, -0.2) is 0 Å². The van der Waals surface area contributed by atoms with Crippen LogP contribution in [0.3, 0.4) is 0 Å². The van der Waals surface area contributed by atoms with Crippen LogP contribution in [0.2, 0.25) is 0 Å². The van der Waals surface area contributed by atoms with Crippen LogP contribution in [0.15, 0.2) is 12.7 Å². The van der Waals surface area contributed by atoms with Gasteiger partial charge >= 0.3 is 5.97 Å². The van der Waals surface area contributed by atoms with Crippen LogP contribution in [0.4, 0.5) is 0 Å². The largest absolute Gasteiger partial charge is 0.465 e. The van der Waals surface area contributed by atoms with Crippen molar-refractivity contribution in [1.29, 1.82) is 0 Å². The van der Waals surface area contributed by atoms with Crippen LogP contribution in [-0.2, 0) is 14.3 Å². The Labute approximate surface area is 82.6 Å². The normalized spacial score (nSPS) is 31.6. The van der Waals surface area contributed by atoms with E-state index in [0.717, 1.165) is 0 Å². The predicted molar refractivity (Wildman–Crippen MR) is 49.4 cm³/mol. The van der Waals surface area contributed by atoms with E-state index in [4.69, 9.17) is 4.74 Å². The Balaban J connectivity index is 2.79. The molecule has 0 aromatic rings. The molecule has 0 radical (unpaired) electrons. The van der Waals surface area contributed by atoms with Gasteiger partial charge in [0.1, 0.15) is 11.7 Å². The zero-order valence-electron chi connectivity index (χ0n) is 8.10. The number of hydrogen-bond donors (Lipinski definition) is 1. The Morgan fingerprint density at radius 3 is 2.93 bits per heavy atom. The lowest BCUT2D eigenvalue weighted by molar-refractivity contribution is -0.151. The molecule has 0 aromatic heterocycles. The number of aliphatic hydroxyl groups excluding tert-OH is 1. The van der Waals surface area contributed by atoms with Gasteiger partial charge in [-0.3, -0.25) is 9.59 Å². The zero-order chi connectivity index (χ0) is 10.7. The van der Waals surface area contributed by atoms with Crippen molar-refractivity contribution in [3.05, 3.63) is 12.7 Å². The molecule has 14 heavy (non-hydrogen) atoms. The molecule has 0 aromatic carbocycles. The van der Waals surface area contributed by atoms with E-state index in [2.05, 4.69) is 6.58 Å². The Kier molecular flexibility index (Phi) is 3.41. The van der Waals surface area contributed by atoms with Gasteiger partial charge in [0.2, 0.25) is 0 Å². The minimum Gasteiger partial charge on any atom is -0.465 e. The molecular weight excluding hydrogens is 184 g/mol. The molecule has 78 valence electrons. The summed E-state index contributed by atoms with van der Waals surface area (Å²) in [6.45, 7) is 5.42. The number of carbonyl (C=O) groups excluding carboxylic acids is 2. The molecule has 1 fully saturated rings.